The van der Waals surface area contributed by atoms with Gasteiger partial charge in [-0.05, 0) is 137 Å². The van der Waals surface area contributed by atoms with E-state index in [0.29, 0.717) is 60.9 Å². The second-order valence-electron chi connectivity index (χ2n) is 21.5. The van der Waals surface area contributed by atoms with Crippen molar-refractivity contribution in [3.63, 3.8) is 0 Å². The molecule has 17 heteroatoms. The maximum atomic E-state index is 14.4. The van der Waals surface area contributed by atoms with Crippen molar-refractivity contribution in [3.8, 4) is 17.2 Å². The number of carbonyl (C=O) groups excluding carboxylic acids is 1. The third-order valence-electron chi connectivity index (χ3n) is 16.5. The van der Waals surface area contributed by atoms with Gasteiger partial charge in [0.2, 0.25) is 0 Å². The lowest BCUT2D eigenvalue weighted by atomic mass is 9.59. The summed E-state index contributed by atoms with van der Waals surface area (Å²) >= 11 is 0. The second-order valence-corrected chi connectivity index (χ2v) is 23.2. The highest BCUT2D eigenvalue weighted by molar-refractivity contribution is 7.90. The van der Waals surface area contributed by atoms with Crippen LogP contribution in [-0.2, 0) is 10.0 Å². The Hall–Kier alpha value is -5.91. The van der Waals surface area contributed by atoms with Gasteiger partial charge < -0.3 is 34.7 Å². The quantitative estimate of drug-likeness (QED) is 0.0683. The van der Waals surface area contributed by atoms with E-state index >= 15 is 0 Å². The molecule has 1 spiro atoms. The molecule has 1 amide bonds. The molecule has 3 aromatic carbocycles. The van der Waals surface area contributed by atoms with Gasteiger partial charge in [-0.1, -0.05) is 38.1 Å². The number of hydrogen-bond acceptors (Lipinski definition) is 13. The highest BCUT2D eigenvalue weighted by Gasteiger charge is 2.50. The van der Waals surface area contributed by atoms with Crippen molar-refractivity contribution in [2.24, 2.45) is 11.3 Å². The summed E-state index contributed by atoms with van der Waals surface area (Å²) in [6.07, 6.45) is 12.4. The fraction of sp³-hybridized carbons (Fsp3) is 0.509. The van der Waals surface area contributed by atoms with Gasteiger partial charge in [-0.25, -0.2) is 18.1 Å². The normalized spacial score (nSPS) is 24.7. The number of aliphatic hydroxyl groups is 1. The fourth-order valence-electron chi connectivity index (χ4n) is 12.3. The van der Waals surface area contributed by atoms with Crippen molar-refractivity contribution >= 4 is 49.8 Å². The Morgan fingerprint density at radius 3 is 2.44 bits per heavy atom. The number of likely N-dealkylation sites (tertiary alicyclic amines) is 1. The van der Waals surface area contributed by atoms with Crippen LogP contribution in [0, 0.1) is 21.4 Å². The molecular weight excluding hydrogens is 909 g/mol. The molecule has 70 heavy (non-hydrogen) atoms. The second kappa shape index (κ2) is 18.0. The molecule has 4 aliphatic heterocycles. The van der Waals surface area contributed by atoms with Crippen molar-refractivity contribution in [2.75, 3.05) is 54.4 Å². The average Bonchev–Trinajstić information content (AvgIpc) is 3.99. The van der Waals surface area contributed by atoms with Gasteiger partial charge in [0.25, 0.3) is 21.6 Å². The molecular formula is C53H64N8O8S. The number of sulfonamides is 1. The molecule has 3 saturated heterocycles. The predicted molar refractivity (Wildman–Crippen MR) is 269 cm³/mol. The number of anilines is 3. The van der Waals surface area contributed by atoms with Gasteiger partial charge in [0.15, 0.2) is 23.0 Å². The number of amides is 1. The van der Waals surface area contributed by atoms with Gasteiger partial charge in [-0.2, -0.15) is 0 Å². The molecule has 4 N–H and O–H groups in total. The zero-order chi connectivity index (χ0) is 48.5. The van der Waals surface area contributed by atoms with E-state index in [1.54, 1.807) is 6.07 Å². The summed E-state index contributed by atoms with van der Waals surface area (Å²) in [7, 11) is -4.68. The first-order chi connectivity index (χ1) is 33.6. The van der Waals surface area contributed by atoms with E-state index in [0.717, 1.165) is 69.1 Å². The zero-order valence-corrected chi connectivity index (χ0v) is 41.1. The molecule has 0 radical (unpaired) electrons. The largest absolute Gasteiger partial charge is 0.489 e. The number of pyridine rings is 1. The van der Waals surface area contributed by atoms with Crippen molar-refractivity contribution in [2.45, 2.75) is 126 Å². The number of nitro groups is 1. The first-order valence-electron chi connectivity index (χ1n) is 25.3. The first-order valence-corrected chi connectivity index (χ1v) is 26.8. The summed E-state index contributed by atoms with van der Waals surface area (Å²) in [5, 5.41) is 27.0. The van der Waals surface area contributed by atoms with Crippen LogP contribution in [0.3, 0.4) is 0 Å². The van der Waals surface area contributed by atoms with Gasteiger partial charge in [0, 0.05) is 73.7 Å². The lowest BCUT2D eigenvalue weighted by Crippen LogP contribution is -2.54. The minimum absolute atomic E-state index is 0.00835. The number of aromatic amines is 1. The number of ether oxygens (including phenoxy) is 2. The van der Waals surface area contributed by atoms with Crippen LogP contribution in [0.2, 0.25) is 0 Å². The van der Waals surface area contributed by atoms with Crippen LogP contribution in [0.15, 0.2) is 77.8 Å². The van der Waals surface area contributed by atoms with E-state index in [9.17, 15) is 28.4 Å². The van der Waals surface area contributed by atoms with E-state index in [1.165, 1.54) is 42.9 Å². The van der Waals surface area contributed by atoms with Crippen LogP contribution < -0.4 is 29.3 Å². The lowest BCUT2D eigenvalue weighted by molar-refractivity contribution is -0.384. The third kappa shape index (κ3) is 8.82. The molecule has 2 atom stereocenters. The van der Waals surface area contributed by atoms with Crippen molar-refractivity contribution in [1.82, 2.24) is 19.6 Å². The number of nitrogens with one attached hydrogen (secondary N) is 3. The highest BCUT2D eigenvalue weighted by Crippen LogP contribution is 2.55. The van der Waals surface area contributed by atoms with Crippen molar-refractivity contribution in [1.29, 1.82) is 0 Å². The fourth-order valence-corrected chi connectivity index (χ4v) is 13.3. The van der Waals surface area contributed by atoms with Crippen LogP contribution in [-0.4, -0.2) is 96.2 Å². The lowest BCUT2D eigenvalue weighted by Gasteiger charge is -2.56. The molecule has 16 nitrogen and oxygen atoms in total. The van der Waals surface area contributed by atoms with Gasteiger partial charge >= 0.3 is 0 Å². The maximum absolute atomic E-state index is 14.4. The van der Waals surface area contributed by atoms with E-state index in [1.807, 2.05) is 37.4 Å². The summed E-state index contributed by atoms with van der Waals surface area (Å²) in [4.78, 5) is 41.0. The van der Waals surface area contributed by atoms with E-state index in [2.05, 4.69) is 67.8 Å². The van der Waals surface area contributed by atoms with E-state index in [-0.39, 0.29) is 46.7 Å². The Morgan fingerprint density at radius 1 is 0.943 bits per heavy atom. The number of aromatic nitrogens is 2. The monoisotopic (exact) mass is 972 g/mol. The van der Waals surface area contributed by atoms with Crippen LogP contribution >= 0.6 is 0 Å². The van der Waals surface area contributed by atoms with Gasteiger partial charge in [0.05, 0.1) is 27.0 Å². The molecule has 0 bridgehead atoms. The van der Waals surface area contributed by atoms with Crippen molar-refractivity contribution in [3.05, 3.63) is 99.7 Å². The zero-order valence-electron chi connectivity index (χ0n) is 40.3. The van der Waals surface area contributed by atoms with E-state index < -0.39 is 37.0 Å². The molecule has 0 unspecified atom stereocenters. The Balaban J connectivity index is 0.836. The number of nitrogens with zero attached hydrogens (tertiary/aromatic N) is 5. The Kier molecular flexibility index (Phi) is 12.0. The molecule has 6 heterocycles. The number of benzene rings is 3. The number of fused-ring (bicyclic) bond motifs is 2. The summed E-state index contributed by atoms with van der Waals surface area (Å²) in [5.41, 5.74) is 3.64. The van der Waals surface area contributed by atoms with Crippen molar-refractivity contribution < 1.29 is 32.7 Å². The Morgan fingerprint density at radius 2 is 1.71 bits per heavy atom. The first kappa shape index (κ1) is 46.5. The maximum Gasteiger partial charge on any atom is 0.297 e. The molecule has 6 aliphatic rings. The van der Waals surface area contributed by atoms with Gasteiger partial charge in [-0.15, -0.1) is 0 Å². The Bertz CT molecular complexity index is 2930. The number of hydrogen-bond donors (Lipinski definition) is 4. The molecule has 11 rings (SSSR count). The predicted octanol–water partition coefficient (Wildman–Crippen LogP) is 9.42. The average molecular weight is 973 g/mol. The van der Waals surface area contributed by atoms with Gasteiger partial charge in [-0.3, -0.25) is 19.8 Å². The smallest absolute Gasteiger partial charge is 0.297 e. The molecule has 370 valence electrons. The molecule has 2 saturated carbocycles. The van der Waals surface area contributed by atoms with Crippen LogP contribution in [0.25, 0.3) is 11.0 Å². The summed E-state index contributed by atoms with van der Waals surface area (Å²) in [6.45, 7) is 10.9. The minimum Gasteiger partial charge on any atom is -0.489 e. The number of nitro benzene ring substituents is 1. The number of piperidine rings is 1. The number of rotatable bonds is 12. The molecule has 5 fully saturated rings. The van der Waals surface area contributed by atoms with Crippen LogP contribution in [0.4, 0.5) is 22.9 Å². The molecule has 2 aromatic heterocycles. The Labute approximate surface area is 409 Å². The van der Waals surface area contributed by atoms with E-state index in [4.69, 9.17) is 14.5 Å². The topological polar surface area (TPSA) is 196 Å². The van der Waals surface area contributed by atoms with Crippen LogP contribution in [0.1, 0.15) is 125 Å². The van der Waals surface area contributed by atoms with Gasteiger partial charge in [0.1, 0.15) is 18.0 Å². The summed E-state index contributed by atoms with van der Waals surface area (Å²) in [5.74, 6) is 0.858. The number of H-pyrrole nitrogens is 1. The third-order valence-corrected chi connectivity index (χ3v) is 17.9. The summed E-state index contributed by atoms with van der Waals surface area (Å²) < 4.78 is 43.2. The highest BCUT2D eigenvalue weighted by atomic mass is 32.2. The molecule has 5 aromatic rings. The standard InChI is InChI=1S/C53H64N8O8S/c1-33(2)39-8-4-5-9-40(39)43-10-6-23-60(43)37-30-53(31-37)18-24-58(25-19-53)36-11-12-41(45(27-36)69-47-26-35-15-20-54-49(35)56-50(47)59-21-7-22-59)51(62)57-70(66,67)38-28-44(61(64)65)48-46(29-38)68-32-42(55-48)34-13-16-52(3,63)17-14-34/h4-5,8-9,11-12,15,20,26-29,33-34,37,42-43,55,63H,6-7,10,13-14,16-19,21-25,30-32H2,1-3H3,(H,54,56)(H,57,62)/t34?,42-,43+,52?/m1/s1. The SMILES string of the molecule is CC(C)c1ccccc1[C@@H]1CCCN1C1CC2(CCN(c3ccc(C(=O)NS(=O)(=O)c4cc5c(c([N+](=O)[O-])c4)N[C@@H](C4CCC(C)(O)CC4)CO5)c(Oc4cc5cc[nH]c5nc4N4CCC4)c3)CC2)C1. The minimum atomic E-state index is -4.68. The number of carbonyl (C=O) groups is 1. The molecule has 2 aliphatic carbocycles. The summed E-state index contributed by atoms with van der Waals surface area (Å²) in [6, 6.07) is 21.0. The van der Waals surface area contributed by atoms with Crippen LogP contribution in [0.5, 0.6) is 17.2 Å².